The van der Waals surface area contributed by atoms with Crippen molar-refractivity contribution in [3.8, 4) is 0 Å². The fourth-order valence-corrected chi connectivity index (χ4v) is 3.64. The highest BCUT2D eigenvalue weighted by atomic mass is 32.1. The molecule has 2 aromatic rings. The summed E-state index contributed by atoms with van der Waals surface area (Å²) in [5.41, 5.74) is 1.51. The van der Waals surface area contributed by atoms with E-state index >= 15 is 0 Å². The molecular formula is C15H17NO3S2. The molecule has 1 N–H and O–H groups in total. The van der Waals surface area contributed by atoms with Gasteiger partial charge in [0.2, 0.25) is 0 Å². The van der Waals surface area contributed by atoms with Gasteiger partial charge in [-0.05, 0) is 45.4 Å². The molecule has 0 saturated carbocycles. The Morgan fingerprint density at radius 2 is 1.90 bits per heavy atom. The van der Waals surface area contributed by atoms with E-state index in [1.54, 1.807) is 13.0 Å². The summed E-state index contributed by atoms with van der Waals surface area (Å²) >= 11 is 2.82. The number of aryl methyl sites for hydroxylation is 3. The summed E-state index contributed by atoms with van der Waals surface area (Å²) in [4.78, 5) is 26.9. The lowest BCUT2D eigenvalue weighted by molar-refractivity contribution is 0.0528. The third-order valence-corrected chi connectivity index (χ3v) is 5.08. The van der Waals surface area contributed by atoms with E-state index in [1.807, 2.05) is 26.8 Å². The molecule has 0 spiro atoms. The second kappa shape index (κ2) is 6.41. The lowest BCUT2D eigenvalue weighted by atomic mass is 10.2. The van der Waals surface area contributed by atoms with Crippen molar-refractivity contribution in [3.63, 3.8) is 0 Å². The third kappa shape index (κ3) is 3.51. The molecule has 0 aromatic carbocycles. The molecule has 0 saturated heterocycles. The maximum atomic E-state index is 12.3. The molecular weight excluding hydrogens is 306 g/mol. The number of hydrogen-bond acceptors (Lipinski definition) is 5. The van der Waals surface area contributed by atoms with Gasteiger partial charge in [-0.3, -0.25) is 4.79 Å². The van der Waals surface area contributed by atoms with Gasteiger partial charge in [0.25, 0.3) is 5.91 Å². The minimum Gasteiger partial charge on any atom is -0.462 e. The zero-order valence-electron chi connectivity index (χ0n) is 12.4. The molecule has 2 rings (SSSR count). The van der Waals surface area contributed by atoms with Crippen molar-refractivity contribution in [1.29, 1.82) is 0 Å². The third-order valence-electron chi connectivity index (χ3n) is 2.97. The number of rotatable bonds is 4. The highest BCUT2D eigenvalue weighted by Crippen LogP contribution is 2.30. The summed E-state index contributed by atoms with van der Waals surface area (Å²) in [6, 6.07) is 3.60. The number of amides is 1. The summed E-state index contributed by atoms with van der Waals surface area (Å²) in [7, 11) is 0. The number of carbonyl (C=O) groups is 2. The predicted octanol–water partition coefficient (Wildman–Crippen LogP) is 4.16. The summed E-state index contributed by atoms with van der Waals surface area (Å²) in [5.74, 6) is -0.598. The normalized spacial score (nSPS) is 10.5. The SMILES string of the molecule is CCOC(=O)c1cc(C)sc1NC(=O)c1cc(C)c(C)s1. The number of hydrogen-bond donors (Lipinski definition) is 1. The zero-order valence-corrected chi connectivity index (χ0v) is 14.0. The molecule has 0 aliphatic heterocycles. The molecule has 6 heteroatoms. The lowest BCUT2D eigenvalue weighted by Crippen LogP contribution is -2.13. The zero-order chi connectivity index (χ0) is 15.6. The number of esters is 1. The first kappa shape index (κ1) is 15.7. The molecule has 0 bridgehead atoms. The van der Waals surface area contributed by atoms with E-state index in [1.165, 1.54) is 22.7 Å². The number of anilines is 1. The van der Waals surface area contributed by atoms with E-state index < -0.39 is 5.97 Å². The highest BCUT2D eigenvalue weighted by Gasteiger charge is 2.19. The average molecular weight is 323 g/mol. The maximum absolute atomic E-state index is 12.3. The van der Waals surface area contributed by atoms with Gasteiger partial charge in [0.1, 0.15) is 5.00 Å². The topological polar surface area (TPSA) is 55.4 Å². The van der Waals surface area contributed by atoms with E-state index in [0.717, 1.165) is 15.3 Å². The lowest BCUT2D eigenvalue weighted by Gasteiger charge is -2.04. The second-order valence-corrected chi connectivity index (χ2v) is 7.14. The van der Waals surface area contributed by atoms with Crippen molar-refractivity contribution in [1.82, 2.24) is 0 Å². The molecule has 0 radical (unpaired) electrons. The molecule has 1 amide bonds. The largest absolute Gasteiger partial charge is 0.462 e. The van der Waals surface area contributed by atoms with Crippen molar-refractivity contribution < 1.29 is 14.3 Å². The summed E-state index contributed by atoms with van der Waals surface area (Å²) in [6.45, 7) is 7.91. The fourth-order valence-electron chi connectivity index (χ4n) is 1.82. The van der Waals surface area contributed by atoms with Crippen LogP contribution >= 0.6 is 22.7 Å². The van der Waals surface area contributed by atoms with E-state index in [-0.39, 0.29) is 5.91 Å². The number of nitrogens with one attached hydrogen (secondary N) is 1. The standard InChI is InChI=1S/C15H17NO3S2/c1-5-19-15(18)11-7-9(3)20-14(11)16-13(17)12-6-8(2)10(4)21-12/h6-7H,5H2,1-4H3,(H,16,17). The smallest absolute Gasteiger partial charge is 0.341 e. The minimum absolute atomic E-state index is 0.191. The molecule has 0 unspecified atom stereocenters. The average Bonchev–Trinajstić information content (AvgIpc) is 2.94. The Balaban J connectivity index is 2.23. The van der Waals surface area contributed by atoms with Gasteiger partial charge in [0.05, 0.1) is 17.0 Å². The molecule has 21 heavy (non-hydrogen) atoms. The number of carbonyl (C=O) groups excluding carboxylic acids is 2. The summed E-state index contributed by atoms with van der Waals surface area (Å²) < 4.78 is 5.01. The number of ether oxygens (including phenoxy) is 1. The Morgan fingerprint density at radius 1 is 1.19 bits per heavy atom. The Kier molecular flexibility index (Phi) is 4.80. The summed E-state index contributed by atoms with van der Waals surface area (Å²) in [6.07, 6.45) is 0. The van der Waals surface area contributed by atoms with Crippen LogP contribution in [-0.2, 0) is 4.74 Å². The van der Waals surface area contributed by atoms with Crippen molar-refractivity contribution >= 4 is 39.6 Å². The first-order valence-corrected chi connectivity index (χ1v) is 8.21. The molecule has 0 atom stereocenters. The Bertz CT molecular complexity index is 666. The van der Waals surface area contributed by atoms with Gasteiger partial charge >= 0.3 is 5.97 Å². The quantitative estimate of drug-likeness (QED) is 0.859. The maximum Gasteiger partial charge on any atom is 0.341 e. The van der Waals surface area contributed by atoms with Crippen LogP contribution in [0.5, 0.6) is 0 Å². The Labute approximate surface area is 131 Å². The van der Waals surface area contributed by atoms with Crippen LogP contribution in [0.2, 0.25) is 0 Å². The van der Waals surface area contributed by atoms with E-state index in [9.17, 15) is 9.59 Å². The minimum atomic E-state index is -0.407. The van der Waals surface area contributed by atoms with Crippen LogP contribution in [0.15, 0.2) is 12.1 Å². The van der Waals surface area contributed by atoms with Gasteiger partial charge in [-0.1, -0.05) is 0 Å². The molecule has 4 nitrogen and oxygen atoms in total. The van der Waals surface area contributed by atoms with Gasteiger partial charge in [0.15, 0.2) is 0 Å². The molecule has 0 aliphatic carbocycles. The van der Waals surface area contributed by atoms with Crippen LogP contribution in [0.4, 0.5) is 5.00 Å². The van der Waals surface area contributed by atoms with Gasteiger partial charge in [-0.25, -0.2) is 4.79 Å². The molecule has 0 aliphatic rings. The van der Waals surface area contributed by atoms with Crippen molar-refractivity contribution in [2.45, 2.75) is 27.7 Å². The van der Waals surface area contributed by atoms with Crippen molar-refractivity contribution in [2.75, 3.05) is 11.9 Å². The number of thiophene rings is 2. The first-order chi connectivity index (χ1) is 9.92. The van der Waals surface area contributed by atoms with Crippen LogP contribution in [0, 0.1) is 20.8 Å². The second-order valence-electron chi connectivity index (χ2n) is 4.62. The molecule has 0 fully saturated rings. The Morgan fingerprint density at radius 3 is 2.48 bits per heavy atom. The van der Waals surface area contributed by atoms with Crippen molar-refractivity contribution in [3.05, 3.63) is 37.9 Å². The monoisotopic (exact) mass is 323 g/mol. The fraction of sp³-hybridized carbons (Fsp3) is 0.333. The van der Waals surface area contributed by atoms with Crippen molar-refractivity contribution in [2.24, 2.45) is 0 Å². The molecule has 2 aromatic heterocycles. The van der Waals surface area contributed by atoms with Crippen LogP contribution in [0.25, 0.3) is 0 Å². The van der Waals surface area contributed by atoms with Crippen LogP contribution < -0.4 is 5.32 Å². The van der Waals surface area contributed by atoms with Crippen LogP contribution in [-0.4, -0.2) is 18.5 Å². The van der Waals surface area contributed by atoms with Gasteiger partial charge < -0.3 is 10.1 Å². The van der Waals surface area contributed by atoms with E-state index in [4.69, 9.17) is 4.74 Å². The van der Waals surface area contributed by atoms with Gasteiger partial charge in [-0.2, -0.15) is 0 Å². The Hall–Kier alpha value is -1.66. The predicted molar refractivity (Wildman–Crippen MR) is 86.8 cm³/mol. The van der Waals surface area contributed by atoms with Gasteiger partial charge in [0, 0.05) is 9.75 Å². The molecule has 2 heterocycles. The van der Waals surface area contributed by atoms with E-state index in [2.05, 4.69) is 5.32 Å². The molecule has 112 valence electrons. The van der Waals surface area contributed by atoms with Gasteiger partial charge in [-0.15, -0.1) is 22.7 Å². The van der Waals surface area contributed by atoms with E-state index in [0.29, 0.717) is 22.0 Å². The summed E-state index contributed by atoms with van der Waals surface area (Å²) in [5, 5.41) is 3.36. The van der Waals surface area contributed by atoms with Crippen LogP contribution in [0.3, 0.4) is 0 Å². The van der Waals surface area contributed by atoms with Crippen LogP contribution in [0.1, 0.15) is 42.3 Å². The first-order valence-electron chi connectivity index (χ1n) is 6.58. The highest BCUT2D eigenvalue weighted by molar-refractivity contribution is 7.17.